The van der Waals surface area contributed by atoms with Crippen molar-refractivity contribution in [3.63, 3.8) is 0 Å². The predicted octanol–water partition coefficient (Wildman–Crippen LogP) is 4.33. The Labute approximate surface area is 138 Å². The van der Waals surface area contributed by atoms with Crippen molar-refractivity contribution in [2.24, 2.45) is 0 Å². The molecule has 4 rings (SSSR count). The van der Waals surface area contributed by atoms with Crippen LogP contribution in [0, 0.1) is 0 Å². The van der Waals surface area contributed by atoms with E-state index in [0.29, 0.717) is 11.6 Å². The van der Waals surface area contributed by atoms with E-state index in [1.807, 2.05) is 60.7 Å². The molecule has 0 unspecified atom stereocenters. The molecule has 3 aromatic carbocycles. The van der Waals surface area contributed by atoms with E-state index in [-0.39, 0.29) is 5.56 Å². The van der Waals surface area contributed by atoms with Crippen molar-refractivity contribution in [1.82, 2.24) is 9.97 Å². The first-order valence-corrected chi connectivity index (χ1v) is 7.71. The molecule has 4 nitrogen and oxygen atoms in total. The summed E-state index contributed by atoms with van der Waals surface area (Å²) in [6.07, 6.45) is 0. The van der Waals surface area contributed by atoms with Gasteiger partial charge in [0.1, 0.15) is 0 Å². The molecule has 0 aliphatic heterocycles. The zero-order chi connectivity index (χ0) is 16.4. The zero-order valence-electron chi connectivity index (χ0n) is 12.9. The Morgan fingerprint density at radius 2 is 1.58 bits per heavy atom. The van der Waals surface area contributed by atoms with Crippen LogP contribution in [0.1, 0.15) is 0 Å². The molecule has 4 aromatic rings. The van der Waals surface area contributed by atoms with E-state index in [4.69, 9.17) is 0 Å². The van der Waals surface area contributed by atoms with Gasteiger partial charge in [0.15, 0.2) is 0 Å². The molecule has 1 heterocycles. The van der Waals surface area contributed by atoms with Gasteiger partial charge in [0.2, 0.25) is 5.95 Å². The van der Waals surface area contributed by atoms with Crippen LogP contribution in [0.25, 0.3) is 22.0 Å². The van der Waals surface area contributed by atoms with Crippen LogP contribution >= 0.6 is 0 Å². The van der Waals surface area contributed by atoms with Gasteiger partial charge in [0, 0.05) is 22.7 Å². The van der Waals surface area contributed by atoms with Gasteiger partial charge < -0.3 is 5.32 Å². The fourth-order valence-electron chi connectivity index (χ4n) is 2.74. The second kappa shape index (κ2) is 6.01. The summed E-state index contributed by atoms with van der Waals surface area (Å²) in [7, 11) is 0. The minimum Gasteiger partial charge on any atom is -0.325 e. The highest BCUT2D eigenvalue weighted by molar-refractivity contribution is 5.94. The Morgan fingerprint density at radius 3 is 2.46 bits per heavy atom. The topological polar surface area (TPSA) is 57.8 Å². The minimum absolute atomic E-state index is 0.188. The third-order valence-electron chi connectivity index (χ3n) is 3.85. The lowest BCUT2D eigenvalue weighted by Gasteiger charge is -2.10. The maximum atomic E-state index is 12.0. The number of H-pyrrole nitrogens is 1. The quantitative estimate of drug-likeness (QED) is 0.592. The number of hydrogen-bond donors (Lipinski definition) is 2. The second-order valence-electron chi connectivity index (χ2n) is 5.50. The Morgan fingerprint density at radius 1 is 0.833 bits per heavy atom. The first-order valence-electron chi connectivity index (χ1n) is 7.71. The molecular formula is C20H15N3O. The SMILES string of the molecule is O=c1cc(-c2ccccc2)nc(Nc2cccc3ccccc23)[nH]1. The van der Waals surface area contributed by atoms with Crippen molar-refractivity contribution in [3.8, 4) is 11.3 Å². The number of hydrogen-bond acceptors (Lipinski definition) is 3. The molecule has 0 saturated heterocycles. The Hall–Kier alpha value is -3.40. The van der Waals surface area contributed by atoms with E-state index in [2.05, 4.69) is 27.4 Å². The lowest BCUT2D eigenvalue weighted by molar-refractivity contribution is 1.13. The predicted molar refractivity (Wildman–Crippen MR) is 97.5 cm³/mol. The van der Waals surface area contributed by atoms with E-state index in [1.165, 1.54) is 6.07 Å². The molecule has 2 N–H and O–H groups in total. The highest BCUT2D eigenvalue weighted by atomic mass is 16.1. The van der Waals surface area contributed by atoms with Crippen LogP contribution in [-0.2, 0) is 0 Å². The molecule has 0 amide bonds. The number of benzene rings is 3. The molecule has 1 aromatic heterocycles. The van der Waals surface area contributed by atoms with Crippen LogP contribution in [0.3, 0.4) is 0 Å². The fraction of sp³-hybridized carbons (Fsp3) is 0. The van der Waals surface area contributed by atoms with Gasteiger partial charge in [-0.15, -0.1) is 0 Å². The molecular weight excluding hydrogens is 298 g/mol. The Bertz CT molecular complexity index is 1050. The molecule has 0 fully saturated rings. The minimum atomic E-state index is -0.188. The van der Waals surface area contributed by atoms with E-state index in [0.717, 1.165) is 22.0 Å². The maximum absolute atomic E-state index is 12.0. The van der Waals surface area contributed by atoms with E-state index < -0.39 is 0 Å². The maximum Gasteiger partial charge on any atom is 0.252 e. The number of nitrogens with one attached hydrogen (secondary N) is 2. The molecule has 0 bridgehead atoms. The van der Waals surface area contributed by atoms with Crippen LogP contribution < -0.4 is 10.9 Å². The van der Waals surface area contributed by atoms with Crippen molar-refractivity contribution in [1.29, 1.82) is 0 Å². The molecule has 24 heavy (non-hydrogen) atoms. The van der Waals surface area contributed by atoms with E-state index in [1.54, 1.807) is 0 Å². The van der Waals surface area contributed by atoms with Crippen LogP contribution in [0.15, 0.2) is 83.7 Å². The molecule has 0 atom stereocenters. The number of fused-ring (bicyclic) bond motifs is 1. The van der Waals surface area contributed by atoms with Crippen molar-refractivity contribution >= 4 is 22.4 Å². The van der Waals surface area contributed by atoms with E-state index in [9.17, 15) is 4.79 Å². The van der Waals surface area contributed by atoms with Gasteiger partial charge in [0.05, 0.1) is 5.69 Å². The highest BCUT2D eigenvalue weighted by Crippen LogP contribution is 2.25. The molecule has 0 spiro atoms. The van der Waals surface area contributed by atoms with Gasteiger partial charge in [-0.2, -0.15) is 0 Å². The third kappa shape index (κ3) is 2.77. The van der Waals surface area contributed by atoms with Crippen LogP contribution in [0.2, 0.25) is 0 Å². The van der Waals surface area contributed by atoms with Gasteiger partial charge in [-0.05, 0) is 11.5 Å². The molecule has 0 radical (unpaired) electrons. The fourth-order valence-corrected chi connectivity index (χ4v) is 2.74. The van der Waals surface area contributed by atoms with Crippen molar-refractivity contribution in [2.45, 2.75) is 0 Å². The molecule has 0 aliphatic rings. The van der Waals surface area contributed by atoms with Gasteiger partial charge in [-0.3, -0.25) is 9.78 Å². The highest BCUT2D eigenvalue weighted by Gasteiger charge is 2.06. The summed E-state index contributed by atoms with van der Waals surface area (Å²) >= 11 is 0. The lowest BCUT2D eigenvalue weighted by Crippen LogP contribution is -2.10. The summed E-state index contributed by atoms with van der Waals surface area (Å²) in [5.74, 6) is 0.428. The molecule has 116 valence electrons. The van der Waals surface area contributed by atoms with Crippen molar-refractivity contribution in [3.05, 3.63) is 89.2 Å². The van der Waals surface area contributed by atoms with Crippen molar-refractivity contribution in [2.75, 3.05) is 5.32 Å². The van der Waals surface area contributed by atoms with Gasteiger partial charge in [-0.25, -0.2) is 4.98 Å². The van der Waals surface area contributed by atoms with Gasteiger partial charge in [0.25, 0.3) is 5.56 Å². The summed E-state index contributed by atoms with van der Waals surface area (Å²) < 4.78 is 0. The number of anilines is 2. The van der Waals surface area contributed by atoms with Crippen LogP contribution in [0.5, 0.6) is 0 Å². The van der Waals surface area contributed by atoms with Crippen LogP contribution in [-0.4, -0.2) is 9.97 Å². The summed E-state index contributed by atoms with van der Waals surface area (Å²) in [5.41, 5.74) is 2.26. The number of aromatic amines is 1. The number of aromatic nitrogens is 2. The first-order chi connectivity index (χ1) is 11.8. The van der Waals surface area contributed by atoms with Gasteiger partial charge >= 0.3 is 0 Å². The van der Waals surface area contributed by atoms with E-state index >= 15 is 0 Å². The largest absolute Gasteiger partial charge is 0.325 e. The van der Waals surface area contributed by atoms with Crippen molar-refractivity contribution < 1.29 is 0 Å². The average molecular weight is 313 g/mol. The first kappa shape index (κ1) is 14.2. The standard InChI is InChI=1S/C20H15N3O/c24-19-13-18(15-8-2-1-3-9-15)22-20(23-19)21-17-12-6-10-14-7-4-5-11-16(14)17/h1-13H,(H2,21,22,23,24). The monoisotopic (exact) mass is 313 g/mol. The number of nitrogens with zero attached hydrogens (tertiary/aromatic N) is 1. The Kier molecular flexibility index (Phi) is 3.56. The third-order valence-corrected chi connectivity index (χ3v) is 3.85. The Balaban J connectivity index is 1.77. The smallest absolute Gasteiger partial charge is 0.252 e. The average Bonchev–Trinajstić information content (AvgIpc) is 2.62. The van der Waals surface area contributed by atoms with Crippen LogP contribution in [0.4, 0.5) is 11.6 Å². The molecule has 4 heteroatoms. The molecule has 0 saturated carbocycles. The normalized spacial score (nSPS) is 10.7. The summed E-state index contributed by atoms with van der Waals surface area (Å²) in [5, 5.41) is 5.44. The van der Waals surface area contributed by atoms with Gasteiger partial charge in [-0.1, -0.05) is 66.7 Å². The zero-order valence-corrected chi connectivity index (χ0v) is 12.9. The lowest BCUT2D eigenvalue weighted by atomic mass is 10.1. The summed E-state index contributed by atoms with van der Waals surface area (Å²) in [6, 6.07) is 25.2. The second-order valence-corrected chi connectivity index (χ2v) is 5.50. The number of rotatable bonds is 3. The summed E-state index contributed by atoms with van der Waals surface area (Å²) in [6.45, 7) is 0. The molecule has 0 aliphatic carbocycles. The summed E-state index contributed by atoms with van der Waals surface area (Å²) in [4.78, 5) is 19.3.